The van der Waals surface area contributed by atoms with Crippen LogP contribution in [0.25, 0.3) is 0 Å². The molecule has 3 N–H and O–H groups in total. The second kappa shape index (κ2) is 5.78. The molecule has 5 heteroatoms. The Labute approximate surface area is 108 Å². The molecule has 2 aliphatic heterocycles. The van der Waals surface area contributed by atoms with Gasteiger partial charge in [0.05, 0.1) is 11.0 Å². The monoisotopic (exact) mass is 255 g/mol. The lowest BCUT2D eigenvalue weighted by molar-refractivity contribution is -0.126. The van der Waals surface area contributed by atoms with Crippen molar-refractivity contribution in [1.29, 1.82) is 0 Å². The van der Waals surface area contributed by atoms with Crippen LogP contribution in [0, 0.1) is 5.92 Å². The van der Waals surface area contributed by atoms with Crippen LogP contribution < -0.4 is 11.1 Å². The molecule has 0 saturated carbocycles. The number of hydrogen-bond donors (Lipinski definition) is 2. The zero-order valence-corrected chi connectivity index (χ0v) is 11.0. The molecule has 96 valence electrons. The van der Waals surface area contributed by atoms with Crippen LogP contribution >= 0.6 is 12.2 Å². The Bertz CT molecular complexity index is 300. The smallest absolute Gasteiger partial charge is 0.237 e. The number of carbonyl (C=O) groups is 1. The fourth-order valence-corrected chi connectivity index (χ4v) is 3.00. The molecule has 2 heterocycles. The first kappa shape index (κ1) is 12.8. The molecule has 0 aromatic rings. The Kier molecular flexibility index (Phi) is 4.34. The third-order valence-electron chi connectivity index (χ3n) is 3.88. The van der Waals surface area contributed by atoms with Crippen molar-refractivity contribution in [3.8, 4) is 0 Å². The molecular formula is C12H21N3OS. The van der Waals surface area contributed by atoms with Crippen molar-refractivity contribution in [1.82, 2.24) is 10.2 Å². The summed E-state index contributed by atoms with van der Waals surface area (Å²) in [7, 11) is 0. The molecule has 17 heavy (non-hydrogen) atoms. The molecule has 1 atom stereocenters. The Balaban J connectivity index is 1.90. The van der Waals surface area contributed by atoms with Crippen LogP contribution in [-0.4, -0.2) is 41.5 Å². The van der Waals surface area contributed by atoms with Gasteiger partial charge in [-0.1, -0.05) is 12.2 Å². The molecule has 0 spiro atoms. The van der Waals surface area contributed by atoms with Gasteiger partial charge in [-0.25, -0.2) is 0 Å². The van der Waals surface area contributed by atoms with Crippen LogP contribution in [0.15, 0.2) is 0 Å². The minimum Gasteiger partial charge on any atom is -0.393 e. The van der Waals surface area contributed by atoms with Gasteiger partial charge in [0.15, 0.2) is 0 Å². The number of nitrogens with zero attached hydrogens (tertiary/aromatic N) is 1. The molecule has 1 unspecified atom stereocenters. The number of carbonyl (C=O) groups excluding carboxylic acids is 1. The normalized spacial score (nSPS) is 28.5. The summed E-state index contributed by atoms with van der Waals surface area (Å²) in [5, 5.41) is 2.99. The number of nitrogens with two attached hydrogens (primary N) is 1. The Morgan fingerprint density at radius 3 is 2.65 bits per heavy atom. The van der Waals surface area contributed by atoms with Crippen LogP contribution in [0.4, 0.5) is 0 Å². The molecule has 0 bridgehead atoms. The quantitative estimate of drug-likeness (QED) is 0.712. The van der Waals surface area contributed by atoms with Gasteiger partial charge in [0.25, 0.3) is 0 Å². The molecule has 0 aromatic carbocycles. The number of thiocarbonyl (C=S) groups is 1. The second-order valence-corrected chi connectivity index (χ2v) is 5.49. The van der Waals surface area contributed by atoms with E-state index in [9.17, 15) is 4.79 Å². The van der Waals surface area contributed by atoms with Crippen LogP contribution in [0.5, 0.6) is 0 Å². The average molecular weight is 255 g/mol. The summed E-state index contributed by atoms with van der Waals surface area (Å²) in [6.45, 7) is 2.72. The van der Waals surface area contributed by atoms with Gasteiger partial charge in [0, 0.05) is 12.5 Å². The van der Waals surface area contributed by atoms with Crippen molar-refractivity contribution in [3.05, 3.63) is 0 Å². The molecule has 2 saturated heterocycles. The highest BCUT2D eigenvalue weighted by atomic mass is 32.1. The standard InChI is InChI=1S/C12H21N3OS/c13-11(17)9-4-7-15(8-5-9)10-3-1-2-6-14-12(10)16/h9-10H,1-8H2,(H2,13,17)(H,14,16). The van der Waals surface area contributed by atoms with Gasteiger partial charge < -0.3 is 11.1 Å². The fourth-order valence-electron chi connectivity index (χ4n) is 2.77. The van der Waals surface area contributed by atoms with Crippen LogP contribution in [0.2, 0.25) is 0 Å². The van der Waals surface area contributed by atoms with Gasteiger partial charge in [-0.3, -0.25) is 9.69 Å². The predicted octanol–water partition coefficient (Wildman–Crippen LogP) is 0.653. The van der Waals surface area contributed by atoms with Gasteiger partial charge >= 0.3 is 0 Å². The van der Waals surface area contributed by atoms with Gasteiger partial charge in [-0.05, 0) is 45.2 Å². The van der Waals surface area contributed by atoms with Crippen LogP contribution in [-0.2, 0) is 4.79 Å². The van der Waals surface area contributed by atoms with Crippen LogP contribution in [0.1, 0.15) is 32.1 Å². The second-order valence-electron chi connectivity index (χ2n) is 5.02. The first-order valence-electron chi connectivity index (χ1n) is 6.49. The summed E-state index contributed by atoms with van der Waals surface area (Å²) < 4.78 is 0. The number of likely N-dealkylation sites (tertiary alicyclic amines) is 1. The zero-order chi connectivity index (χ0) is 12.3. The van der Waals surface area contributed by atoms with Gasteiger partial charge in [0.1, 0.15) is 0 Å². The van der Waals surface area contributed by atoms with E-state index in [1.165, 1.54) is 0 Å². The van der Waals surface area contributed by atoms with E-state index in [1.54, 1.807) is 0 Å². The minimum absolute atomic E-state index is 0.0739. The summed E-state index contributed by atoms with van der Waals surface area (Å²) in [4.78, 5) is 14.9. The van der Waals surface area contributed by atoms with Crippen molar-refractivity contribution >= 4 is 23.1 Å². The number of amides is 1. The lowest BCUT2D eigenvalue weighted by Crippen LogP contribution is -2.49. The van der Waals surface area contributed by atoms with E-state index >= 15 is 0 Å². The topological polar surface area (TPSA) is 58.4 Å². The maximum atomic E-state index is 11.9. The molecule has 0 aliphatic carbocycles. The van der Waals surface area contributed by atoms with Crippen molar-refractivity contribution in [3.63, 3.8) is 0 Å². The van der Waals surface area contributed by atoms with Gasteiger partial charge in [-0.15, -0.1) is 0 Å². The summed E-state index contributed by atoms with van der Waals surface area (Å²) in [6.07, 6.45) is 5.23. The molecule has 4 nitrogen and oxygen atoms in total. The van der Waals surface area contributed by atoms with Crippen molar-refractivity contribution < 1.29 is 4.79 Å². The zero-order valence-electron chi connectivity index (χ0n) is 10.2. The van der Waals surface area contributed by atoms with E-state index < -0.39 is 0 Å². The van der Waals surface area contributed by atoms with Gasteiger partial charge in [0.2, 0.25) is 5.91 Å². The van der Waals surface area contributed by atoms with E-state index in [0.717, 1.165) is 51.7 Å². The maximum Gasteiger partial charge on any atom is 0.237 e. The first-order valence-corrected chi connectivity index (χ1v) is 6.90. The van der Waals surface area contributed by atoms with Crippen LogP contribution in [0.3, 0.4) is 0 Å². The molecular weight excluding hydrogens is 234 g/mol. The maximum absolute atomic E-state index is 11.9. The number of nitrogens with one attached hydrogen (secondary N) is 1. The molecule has 1 amide bonds. The average Bonchev–Trinajstić information content (AvgIpc) is 2.54. The summed E-state index contributed by atoms with van der Waals surface area (Å²) in [5.41, 5.74) is 5.68. The van der Waals surface area contributed by atoms with Gasteiger partial charge in [-0.2, -0.15) is 0 Å². The third kappa shape index (κ3) is 3.16. The minimum atomic E-state index is 0.0739. The van der Waals surface area contributed by atoms with E-state index in [0.29, 0.717) is 10.9 Å². The van der Waals surface area contributed by atoms with Crippen molar-refractivity contribution in [2.75, 3.05) is 19.6 Å². The van der Waals surface area contributed by atoms with Crippen molar-refractivity contribution in [2.45, 2.75) is 38.1 Å². The molecule has 0 radical (unpaired) electrons. The fraction of sp³-hybridized carbons (Fsp3) is 0.833. The third-order valence-corrected chi connectivity index (χ3v) is 4.21. The van der Waals surface area contributed by atoms with Crippen molar-refractivity contribution in [2.24, 2.45) is 11.7 Å². The number of piperidine rings is 1. The molecule has 2 fully saturated rings. The van der Waals surface area contributed by atoms with E-state index in [4.69, 9.17) is 18.0 Å². The van der Waals surface area contributed by atoms with E-state index in [-0.39, 0.29) is 11.9 Å². The highest BCUT2D eigenvalue weighted by Crippen LogP contribution is 2.22. The number of rotatable bonds is 2. The molecule has 2 rings (SSSR count). The first-order chi connectivity index (χ1) is 8.18. The SMILES string of the molecule is NC(=S)C1CCN(C2CCCCNC2=O)CC1. The lowest BCUT2D eigenvalue weighted by Gasteiger charge is -2.35. The summed E-state index contributed by atoms with van der Waals surface area (Å²) >= 11 is 5.04. The summed E-state index contributed by atoms with van der Waals surface area (Å²) in [5.74, 6) is 0.575. The largest absolute Gasteiger partial charge is 0.393 e. The Morgan fingerprint density at radius 2 is 2.00 bits per heavy atom. The Morgan fingerprint density at radius 1 is 1.29 bits per heavy atom. The molecule has 0 aromatic heterocycles. The van der Waals surface area contributed by atoms with E-state index in [2.05, 4.69) is 10.2 Å². The Hall–Kier alpha value is -0.680. The predicted molar refractivity (Wildman–Crippen MR) is 71.7 cm³/mol. The highest BCUT2D eigenvalue weighted by Gasteiger charge is 2.30. The summed E-state index contributed by atoms with van der Waals surface area (Å²) in [6, 6.07) is 0.0739. The number of hydrogen-bond acceptors (Lipinski definition) is 3. The molecule has 2 aliphatic rings. The highest BCUT2D eigenvalue weighted by molar-refractivity contribution is 7.80. The van der Waals surface area contributed by atoms with E-state index in [1.807, 2.05) is 0 Å². The lowest BCUT2D eigenvalue weighted by atomic mass is 9.95.